The molecule has 0 unspecified atom stereocenters. The second-order valence-electron chi connectivity index (χ2n) is 3.92. The lowest BCUT2D eigenvalue weighted by molar-refractivity contribution is -0.118. The Hall–Kier alpha value is -1.44. The maximum absolute atomic E-state index is 11.6. The molecule has 0 saturated heterocycles. The summed E-state index contributed by atoms with van der Waals surface area (Å²) in [5, 5.41) is 0. The van der Waals surface area contributed by atoms with Crippen LogP contribution in [-0.4, -0.2) is 10.8 Å². The minimum absolute atomic E-state index is 0.289. The van der Waals surface area contributed by atoms with Crippen LogP contribution in [0.3, 0.4) is 0 Å². The van der Waals surface area contributed by atoms with E-state index in [1.807, 2.05) is 24.3 Å². The number of carbonyl (C=O) groups is 1. The Morgan fingerprint density at radius 3 is 2.88 bits per heavy atom. The summed E-state index contributed by atoms with van der Waals surface area (Å²) in [7, 11) is 0. The number of hydrogen-bond acceptors (Lipinski definition) is 2. The van der Waals surface area contributed by atoms with Gasteiger partial charge in [0, 0.05) is 24.7 Å². The molecule has 0 bridgehead atoms. The number of Topliss-reactive ketones (excluding diaryl/α,β-unsaturated/α-hetero) is 1. The smallest absolute Gasteiger partial charge is 0.138 e. The zero-order chi connectivity index (χ0) is 11.6. The Balaban J connectivity index is 2.14. The maximum Gasteiger partial charge on any atom is 0.138 e. The van der Waals surface area contributed by atoms with Crippen LogP contribution in [0.25, 0.3) is 0 Å². The lowest BCUT2D eigenvalue weighted by atomic mass is 10.1. The number of nitrogens with zero attached hydrogens (tertiary/aromatic N) is 1. The molecular weight excluding hydrogens is 198 g/mol. The molecule has 1 heterocycles. The summed E-state index contributed by atoms with van der Waals surface area (Å²) in [6.07, 6.45) is 9.09. The number of hydrogen-bond donors (Lipinski definition) is 0. The van der Waals surface area contributed by atoms with E-state index in [9.17, 15) is 4.79 Å². The summed E-state index contributed by atoms with van der Waals surface area (Å²) < 4.78 is 0. The van der Waals surface area contributed by atoms with E-state index in [2.05, 4.69) is 11.6 Å². The van der Waals surface area contributed by atoms with Crippen molar-refractivity contribution in [3.05, 3.63) is 42.7 Å². The molecule has 0 amide bonds. The monoisotopic (exact) mass is 217 g/mol. The molecule has 2 heteroatoms. The van der Waals surface area contributed by atoms with Crippen LogP contribution in [0, 0.1) is 0 Å². The van der Waals surface area contributed by atoms with Crippen LogP contribution in [0.4, 0.5) is 0 Å². The Labute approximate surface area is 97.4 Å². The molecule has 1 rings (SSSR count). The van der Waals surface area contributed by atoms with Crippen molar-refractivity contribution in [3.8, 4) is 0 Å². The fraction of sp³-hybridized carbons (Fsp3) is 0.429. The Morgan fingerprint density at radius 2 is 2.19 bits per heavy atom. The number of rotatable bonds is 8. The van der Waals surface area contributed by atoms with Gasteiger partial charge in [0.25, 0.3) is 0 Å². The molecule has 0 saturated carbocycles. The molecular formula is C14H19NO. The summed E-state index contributed by atoms with van der Waals surface area (Å²) in [5.74, 6) is 0.289. The number of carbonyl (C=O) groups excluding carboxylic acids is 1. The molecule has 0 fully saturated rings. The number of pyridine rings is 1. The minimum Gasteiger partial charge on any atom is -0.299 e. The first-order chi connectivity index (χ1) is 7.83. The third-order valence-electron chi connectivity index (χ3n) is 2.47. The van der Waals surface area contributed by atoms with E-state index in [4.69, 9.17) is 0 Å². The van der Waals surface area contributed by atoms with E-state index in [1.165, 1.54) is 0 Å². The van der Waals surface area contributed by atoms with Gasteiger partial charge in [-0.15, -0.1) is 6.58 Å². The average molecular weight is 217 g/mol. The summed E-state index contributed by atoms with van der Waals surface area (Å²) in [6, 6.07) is 5.68. The highest BCUT2D eigenvalue weighted by Gasteiger charge is 2.03. The molecule has 0 N–H and O–H groups in total. The van der Waals surface area contributed by atoms with E-state index < -0.39 is 0 Å². The Bertz CT molecular complexity index is 319. The highest BCUT2D eigenvalue weighted by molar-refractivity contribution is 5.80. The zero-order valence-corrected chi connectivity index (χ0v) is 9.69. The molecule has 0 aliphatic carbocycles. The first kappa shape index (κ1) is 12.6. The average Bonchev–Trinajstić information content (AvgIpc) is 2.30. The minimum atomic E-state index is 0.289. The summed E-state index contributed by atoms with van der Waals surface area (Å²) in [5.41, 5.74) is 0.874. The van der Waals surface area contributed by atoms with Gasteiger partial charge in [0.1, 0.15) is 5.78 Å². The van der Waals surface area contributed by atoms with E-state index in [1.54, 1.807) is 6.20 Å². The van der Waals surface area contributed by atoms with Crippen molar-refractivity contribution in [3.63, 3.8) is 0 Å². The van der Waals surface area contributed by atoms with Crippen LogP contribution in [-0.2, 0) is 11.2 Å². The number of allylic oxidation sites excluding steroid dienone is 1. The van der Waals surface area contributed by atoms with Crippen LogP contribution in [0.15, 0.2) is 37.1 Å². The number of unbranched alkanes of at least 4 members (excludes halogenated alkanes) is 3. The van der Waals surface area contributed by atoms with E-state index in [0.717, 1.165) is 31.4 Å². The maximum atomic E-state index is 11.6. The predicted molar refractivity (Wildman–Crippen MR) is 66.2 cm³/mol. The summed E-state index contributed by atoms with van der Waals surface area (Å²) in [6.45, 7) is 3.67. The standard InChI is InChI=1S/C14H19NO/c1-2-3-4-5-6-10-14(16)12-13-9-7-8-11-15-13/h2,7-9,11H,1,3-6,10,12H2. The molecule has 16 heavy (non-hydrogen) atoms. The number of aromatic nitrogens is 1. The molecule has 0 radical (unpaired) electrons. The van der Waals surface area contributed by atoms with Crippen LogP contribution < -0.4 is 0 Å². The molecule has 86 valence electrons. The molecule has 0 atom stereocenters. The highest BCUT2D eigenvalue weighted by atomic mass is 16.1. The van der Waals surface area contributed by atoms with Crippen molar-refractivity contribution in [2.75, 3.05) is 0 Å². The molecule has 2 nitrogen and oxygen atoms in total. The van der Waals surface area contributed by atoms with Gasteiger partial charge in [0.2, 0.25) is 0 Å². The predicted octanol–water partition coefficient (Wildman–Crippen LogP) is 3.33. The number of ketones is 1. The summed E-state index contributed by atoms with van der Waals surface area (Å²) >= 11 is 0. The second kappa shape index (κ2) is 7.80. The zero-order valence-electron chi connectivity index (χ0n) is 9.69. The second-order valence-corrected chi connectivity index (χ2v) is 3.92. The molecule has 1 aromatic heterocycles. The highest BCUT2D eigenvalue weighted by Crippen LogP contribution is 2.06. The summed E-state index contributed by atoms with van der Waals surface area (Å²) in [4.78, 5) is 15.7. The van der Waals surface area contributed by atoms with Crippen LogP contribution in [0.5, 0.6) is 0 Å². The van der Waals surface area contributed by atoms with Crippen molar-refractivity contribution in [2.24, 2.45) is 0 Å². The third-order valence-corrected chi connectivity index (χ3v) is 2.47. The molecule has 0 aliphatic rings. The Kier molecular flexibility index (Phi) is 6.16. The van der Waals surface area contributed by atoms with E-state index >= 15 is 0 Å². The van der Waals surface area contributed by atoms with Crippen LogP contribution >= 0.6 is 0 Å². The van der Waals surface area contributed by atoms with Gasteiger partial charge in [-0.3, -0.25) is 9.78 Å². The quantitative estimate of drug-likeness (QED) is 0.494. The van der Waals surface area contributed by atoms with Crippen molar-refractivity contribution < 1.29 is 4.79 Å². The van der Waals surface area contributed by atoms with Crippen molar-refractivity contribution in [2.45, 2.75) is 38.5 Å². The topological polar surface area (TPSA) is 30.0 Å². The van der Waals surface area contributed by atoms with Gasteiger partial charge in [-0.25, -0.2) is 0 Å². The van der Waals surface area contributed by atoms with E-state index in [0.29, 0.717) is 12.8 Å². The third kappa shape index (κ3) is 5.44. The lowest BCUT2D eigenvalue weighted by Crippen LogP contribution is -2.03. The molecule has 0 aromatic carbocycles. The van der Waals surface area contributed by atoms with Gasteiger partial charge in [0.05, 0.1) is 0 Å². The SMILES string of the molecule is C=CCCCCCC(=O)Cc1ccccn1. The fourth-order valence-corrected chi connectivity index (χ4v) is 1.58. The molecule has 0 spiro atoms. The van der Waals surface area contributed by atoms with Crippen molar-refractivity contribution in [1.29, 1.82) is 0 Å². The van der Waals surface area contributed by atoms with Gasteiger partial charge in [-0.05, 0) is 31.4 Å². The van der Waals surface area contributed by atoms with Gasteiger partial charge in [0.15, 0.2) is 0 Å². The molecule has 0 aliphatic heterocycles. The molecule has 1 aromatic rings. The first-order valence-corrected chi connectivity index (χ1v) is 5.85. The van der Waals surface area contributed by atoms with Gasteiger partial charge in [-0.2, -0.15) is 0 Å². The van der Waals surface area contributed by atoms with Crippen LogP contribution in [0.1, 0.15) is 37.8 Å². The Morgan fingerprint density at radius 1 is 1.31 bits per heavy atom. The van der Waals surface area contributed by atoms with Crippen LogP contribution in [0.2, 0.25) is 0 Å². The normalized spacial score (nSPS) is 10.0. The largest absolute Gasteiger partial charge is 0.299 e. The van der Waals surface area contributed by atoms with Gasteiger partial charge >= 0.3 is 0 Å². The van der Waals surface area contributed by atoms with Crippen molar-refractivity contribution >= 4 is 5.78 Å². The fourth-order valence-electron chi connectivity index (χ4n) is 1.58. The first-order valence-electron chi connectivity index (χ1n) is 5.85. The van der Waals surface area contributed by atoms with Gasteiger partial charge in [-0.1, -0.05) is 18.6 Å². The van der Waals surface area contributed by atoms with Crippen molar-refractivity contribution in [1.82, 2.24) is 4.98 Å². The van der Waals surface area contributed by atoms with E-state index in [-0.39, 0.29) is 5.78 Å². The lowest BCUT2D eigenvalue weighted by Gasteiger charge is -2.00. The van der Waals surface area contributed by atoms with Gasteiger partial charge < -0.3 is 0 Å².